The lowest BCUT2D eigenvalue weighted by Gasteiger charge is -2.28. The van der Waals surface area contributed by atoms with Gasteiger partial charge in [-0.05, 0) is 32.7 Å². The molecule has 0 aromatic carbocycles. The topological polar surface area (TPSA) is 58.6 Å². The first-order valence-corrected chi connectivity index (χ1v) is 5.69. The van der Waals surface area contributed by atoms with Crippen molar-refractivity contribution in [1.82, 2.24) is 5.32 Å². The van der Waals surface area contributed by atoms with Crippen LogP contribution in [-0.4, -0.2) is 36.4 Å². The van der Waals surface area contributed by atoms with Crippen LogP contribution in [0.5, 0.6) is 0 Å². The first-order valence-electron chi connectivity index (χ1n) is 5.69. The minimum atomic E-state index is -0.760. The standard InChI is InChI=1S/C11H23NO3/c1-4-11(5-2,10(13)14)12-8-7-9-15-6-3/h12H,4-9H2,1-3H3,(H,13,14). The Hall–Kier alpha value is -0.610. The van der Waals surface area contributed by atoms with Gasteiger partial charge in [-0.15, -0.1) is 0 Å². The lowest BCUT2D eigenvalue weighted by Crippen LogP contribution is -2.51. The van der Waals surface area contributed by atoms with Gasteiger partial charge in [0, 0.05) is 13.2 Å². The summed E-state index contributed by atoms with van der Waals surface area (Å²) in [5, 5.41) is 12.2. The van der Waals surface area contributed by atoms with Crippen molar-refractivity contribution in [2.75, 3.05) is 19.8 Å². The number of hydrogen-bond acceptors (Lipinski definition) is 3. The van der Waals surface area contributed by atoms with Crippen molar-refractivity contribution in [1.29, 1.82) is 0 Å². The van der Waals surface area contributed by atoms with E-state index in [9.17, 15) is 4.79 Å². The fraction of sp³-hybridized carbons (Fsp3) is 0.909. The van der Waals surface area contributed by atoms with E-state index in [0.717, 1.165) is 6.42 Å². The first-order chi connectivity index (χ1) is 7.13. The molecule has 90 valence electrons. The highest BCUT2D eigenvalue weighted by atomic mass is 16.5. The molecule has 0 saturated carbocycles. The number of carboxylic acids is 1. The molecule has 4 nitrogen and oxygen atoms in total. The number of ether oxygens (including phenoxy) is 1. The number of aliphatic carboxylic acids is 1. The average molecular weight is 217 g/mol. The van der Waals surface area contributed by atoms with Gasteiger partial charge in [-0.3, -0.25) is 4.79 Å². The SMILES string of the molecule is CCOCCCNC(CC)(CC)C(=O)O. The van der Waals surface area contributed by atoms with E-state index in [0.29, 0.717) is 32.6 Å². The Morgan fingerprint density at radius 1 is 1.33 bits per heavy atom. The molecule has 0 fully saturated rings. The van der Waals surface area contributed by atoms with Gasteiger partial charge in [-0.1, -0.05) is 13.8 Å². The Morgan fingerprint density at radius 2 is 1.93 bits per heavy atom. The van der Waals surface area contributed by atoms with Gasteiger partial charge in [0.15, 0.2) is 0 Å². The maximum absolute atomic E-state index is 11.1. The monoisotopic (exact) mass is 217 g/mol. The molecule has 0 aliphatic carbocycles. The largest absolute Gasteiger partial charge is 0.480 e. The third-order valence-electron chi connectivity index (χ3n) is 2.75. The van der Waals surface area contributed by atoms with Gasteiger partial charge in [0.05, 0.1) is 0 Å². The van der Waals surface area contributed by atoms with Gasteiger partial charge in [0.2, 0.25) is 0 Å². The molecule has 0 radical (unpaired) electrons. The number of carbonyl (C=O) groups is 1. The third-order valence-corrected chi connectivity index (χ3v) is 2.75. The zero-order valence-electron chi connectivity index (χ0n) is 10.0. The molecule has 15 heavy (non-hydrogen) atoms. The van der Waals surface area contributed by atoms with E-state index >= 15 is 0 Å². The molecular weight excluding hydrogens is 194 g/mol. The first kappa shape index (κ1) is 14.4. The van der Waals surface area contributed by atoms with E-state index in [2.05, 4.69) is 5.32 Å². The number of rotatable bonds is 9. The highest BCUT2D eigenvalue weighted by Crippen LogP contribution is 2.15. The van der Waals surface area contributed by atoms with Crippen molar-refractivity contribution in [3.05, 3.63) is 0 Å². The summed E-state index contributed by atoms with van der Waals surface area (Å²) in [6, 6.07) is 0. The molecule has 0 heterocycles. The maximum atomic E-state index is 11.1. The summed E-state index contributed by atoms with van der Waals surface area (Å²) in [7, 11) is 0. The van der Waals surface area contributed by atoms with Crippen molar-refractivity contribution in [3.63, 3.8) is 0 Å². The van der Waals surface area contributed by atoms with Crippen molar-refractivity contribution < 1.29 is 14.6 Å². The van der Waals surface area contributed by atoms with Gasteiger partial charge in [0.25, 0.3) is 0 Å². The van der Waals surface area contributed by atoms with Crippen LogP contribution in [0.15, 0.2) is 0 Å². The average Bonchev–Trinajstić information content (AvgIpc) is 2.23. The van der Waals surface area contributed by atoms with E-state index in [1.165, 1.54) is 0 Å². The van der Waals surface area contributed by atoms with Crippen LogP contribution in [0.2, 0.25) is 0 Å². The van der Waals surface area contributed by atoms with E-state index < -0.39 is 11.5 Å². The highest BCUT2D eigenvalue weighted by Gasteiger charge is 2.33. The molecule has 0 spiro atoms. The zero-order chi connectivity index (χ0) is 11.7. The molecule has 0 saturated heterocycles. The smallest absolute Gasteiger partial charge is 0.323 e. The fourth-order valence-corrected chi connectivity index (χ4v) is 1.52. The third kappa shape index (κ3) is 4.62. The van der Waals surface area contributed by atoms with E-state index in [1.54, 1.807) is 0 Å². The summed E-state index contributed by atoms with van der Waals surface area (Å²) in [6.07, 6.45) is 2.06. The van der Waals surface area contributed by atoms with E-state index in [1.807, 2.05) is 20.8 Å². The van der Waals surface area contributed by atoms with Crippen LogP contribution in [0.25, 0.3) is 0 Å². The molecule has 0 aliphatic rings. The molecule has 4 heteroatoms. The predicted molar refractivity (Wildman–Crippen MR) is 60.1 cm³/mol. The normalized spacial score (nSPS) is 11.7. The Kier molecular flexibility index (Phi) is 7.34. The summed E-state index contributed by atoms with van der Waals surface area (Å²) in [4.78, 5) is 11.1. The highest BCUT2D eigenvalue weighted by molar-refractivity contribution is 5.78. The molecule has 0 aromatic heterocycles. The summed E-state index contributed by atoms with van der Waals surface area (Å²) in [5.41, 5.74) is -0.758. The maximum Gasteiger partial charge on any atom is 0.323 e. The van der Waals surface area contributed by atoms with Crippen LogP contribution in [0.4, 0.5) is 0 Å². The van der Waals surface area contributed by atoms with Gasteiger partial charge in [0.1, 0.15) is 5.54 Å². The molecule has 0 rings (SSSR count). The molecule has 0 aliphatic heterocycles. The van der Waals surface area contributed by atoms with Gasteiger partial charge < -0.3 is 15.2 Å². The lowest BCUT2D eigenvalue weighted by molar-refractivity contribution is -0.145. The predicted octanol–water partition coefficient (Wildman–Crippen LogP) is 1.65. The van der Waals surface area contributed by atoms with Crippen LogP contribution in [0.3, 0.4) is 0 Å². The molecular formula is C11H23NO3. The summed E-state index contributed by atoms with van der Waals surface area (Å²) in [5.74, 6) is -0.760. The number of nitrogens with one attached hydrogen (secondary N) is 1. The Bertz CT molecular complexity index is 179. The van der Waals surface area contributed by atoms with E-state index in [-0.39, 0.29) is 0 Å². The summed E-state index contributed by atoms with van der Waals surface area (Å²) in [6.45, 7) is 7.83. The Labute approximate surface area is 92.0 Å². The minimum Gasteiger partial charge on any atom is -0.480 e. The van der Waals surface area contributed by atoms with Crippen LogP contribution in [0.1, 0.15) is 40.0 Å². The summed E-state index contributed by atoms with van der Waals surface area (Å²) < 4.78 is 5.19. The van der Waals surface area contributed by atoms with Crippen molar-refractivity contribution in [2.45, 2.75) is 45.6 Å². The van der Waals surface area contributed by atoms with Gasteiger partial charge >= 0.3 is 5.97 Å². The van der Waals surface area contributed by atoms with Gasteiger partial charge in [-0.25, -0.2) is 0 Å². The lowest BCUT2D eigenvalue weighted by atomic mass is 9.93. The number of carboxylic acid groups (broad SMARTS) is 1. The second kappa shape index (κ2) is 7.65. The molecule has 0 unspecified atom stereocenters. The Morgan fingerprint density at radius 3 is 2.33 bits per heavy atom. The number of hydrogen-bond donors (Lipinski definition) is 2. The fourth-order valence-electron chi connectivity index (χ4n) is 1.52. The van der Waals surface area contributed by atoms with Crippen LogP contribution in [-0.2, 0) is 9.53 Å². The molecule has 2 N–H and O–H groups in total. The molecule has 0 amide bonds. The van der Waals surface area contributed by atoms with Crippen LogP contribution < -0.4 is 5.32 Å². The van der Waals surface area contributed by atoms with Crippen molar-refractivity contribution >= 4 is 5.97 Å². The van der Waals surface area contributed by atoms with Crippen LogP contribution in [0, 0.1) is 0 Å². The van der Waals surface area contributed by atoms with Gasteiger partial charge in [-0.2, -0.15) is 0 Å². The second-order valence-electron chi connectivity index (χ2n) is 3.57. The quantitative estimate of drug-likeness (QED) is 0.576. The molecule has 0 aromatic rings. The Balaban J connectivity index is 3.91. The minimum absolute atomic E-state index is 0.605. The van der Waals surface area contributed by atoms with Crippen molar-refractivity contribution in [3.8, 4) is 0 Å². The van der Waals surface area contributed by atoms with E-state index in [4.69, 9.17) is 9.84 Å². The van der Waals surface area contributed by atoms with Crippen LogP contribution >= 0.6 is 0 Å². The zero-order valence-corrected chi connectivity index (χ0v) is 10.0. The molecule has 0 atom stereocenters. The summed E-state index contributed by atoms with van der Waals surface area (Å²) >= 11 is 0. The molecule has 0 bridgehead atoms. The second-order valence-corrected chi connectivity index (χ2v) is 3.57. The van der Waals surface area contributed by atoms with Crippen molar-refractivity contribution in [2.24, 2.45) is 0 Å².